The average molecular weight is 353 g/mol. The molecule has 0 bridgehead atoms. The first kappa shape index (κ1) is 15.1. The lowest BCUT2D eigenvalue weighted by molar-refractivity contribution is 0.609. The van der Waals surface area contributed by atoms with Crippen molar-refractivity contribution in [3.63, 3.8) is 0 Å². The van der Waals surface area contributed by atoms with Gasteiger partial charge in [0, 0.05) is 38.7 Å². The molecule has 3 rings (SSSR count). The van der Waals surface area contributed by atoms with Crippen molar-refractivity contribution in [2.24, 2.45) is 0 Å². The van der Waals surface area contributed by atoms with Crippen LogP contribution in [0, 0.1) is 0 Å². The van der Waals surface area contributed by atoms with Crippen LogP contribution in [0.1, 0.15) is 0 Å². The standard InChI is InChI=1S/C15H10Cl2N2O2S/c16-10-1-6-13-14(7-8-18-15(13)9-10)19-11-2-4-12(5-3-11)22(17,20)21/h1-9H,(H,18,19). The number of nitrogens with one attached hydrogen (secondary N) is 1. The number of halogens is 2. The van der Waals surface area contributed by atoms with Crippen molar-refractivity contribution in [2.45, 2.75) is 4.90 Å². The highest BCUT2D eigenvalue weighted by molar-refractivity contribution is 8.13. The molecule has 0 radical (unpaired) electrons. The van der Waals surface area contributed by atoms with Crippen LogP contribution in [0.4, 0.5) is 11.4 Å². The van der Waals surface area contributed by atoms with Gasteiger partial charge in [-0.25, -0.2) is 8.42 Å². The third-order valence-corrected chi connectivity index (χ3v) is 4.72. The molecular formula is C15H10Cl2N2O2S. The predicted octanol–water partition coefficient (Wildman–Crippen LogP) is 4.56. The lowest BCUT2D eigenvalue weighted by Crippen LogP contribution is -1.94. The molecule has 112 valence electrons. The Bertz CT molecular complexity index is 941. The molecule has 1 aromatic heterocycles. The number of anilines is 2. The van der Waals surface area contributed by atoms with Gasteiger partial charge in [0.1, 0.15) is 0 Å². The molecule has 0 unspecified atom stereocenters. The first-order chi connectivity index (χ1) is 10.4. The molecule has 2 aromatic carbocycles. The minimum Gasteiger partial charge on any atom is -0.355 e. The van der Waals surface area contributed by atoms with Crippen molar-refractivity contribution in [2.75, 3.05) is 5.32 Å². The molecule has 0 aliphatic heterocycles. The van der Waals surface area contributed by atoms with E-state index in [1.165, 1.54) is 12.1 Å². The first-order valence-corrected chi connectivity index (χ1v) is 8.98. The monoisotopic (exact) mass is 352 g/mol. The maximum atomic E-state index is 11.2. The Labute approximate surface area is 137 Å². The van der Waals surface area contributed by atoms with Gasteiger partial charge in [0.05, 0.1) is 10.4 Å². The molecule has 0 atom stereocenters. The number of aromatic nitrogens is 1. The van der Waals surface area contributed by atoms with Gasteiger partial charge in [0.2, 0.25) is 0 Å². The number of fused-ring (bicyclic) bond motifs is 1. The lowest BCUT2D eigenvalue weighted by Gasteiger charge is -2.10. The lowest BCUT2D eigenvalue weighted by atomic mass is 10.2. The van der Waals surface area contributed by atoms with Crippen molar-refractivity contribution in [3.05, 3.63) is 59.8 Å². The minimum absolute atomic E-state index is 0.0612. The summed E-state index contributed by atoms with van der Waals surface area (Å²) in [5, 5.41) is 4.76. The first-order valence-electron chi connectivity index (χ1n) is 6.29. The van der Waals surface area contributed by atoms with E-state index in [2.05, 4.69) is 10.3 Å². The Morgan fingerprint density at radius 3 is 2.41 bits per heavy atom. The molecular weight excluding hydrogens is 343 g/mol. The Morgan fingerprint density at radius 1 is 1.00 bits per heavy atom. The maximum absolute atomic E-state index is 11.2. The van der Waals surface area contributed by atoms with E-state index < -0.39 is 9.05 Å². The summed E-state index contributed by atoms with van der Waals surface area (Å²) in [4.78, 5) is 4.33. The maximum Gasteiger partial charge on any atom is 0.261 e. The summed E-state index contributed by atoms with van der Waals surface area (Å²) < 4.78 is 22.5. The second-order valence-corrected chi connectivity index (χ2v) is 7.61. The number of hydrogen-bond donors (Lipinski definition) is 1. The van der Waals surface area contributed by atoms with Gasteiger partial charge < -0.3 is 5.32 Å². The van der Waals surface area contributed by atoms with Crippen LogP contribution in [0.25, 0.3) is 10.9 Å². The molecule has 7 heteroatoms. The molecule has 0 saturated heterocycles. The van der Waals surface area contributed by atoms with Crippen molar-refractivity contribution >= 4 is 53.6 Å². The number of pyridine rings is 1. The van der Waals surface area contributed by atoms with Gasteiger partial charge >= 0.3 is 0 Å². The van der Waals surface area contributed by atoms with Crippen molar-refractivity contribution < 1.29 is 8.42 Å². The second kappa shape index (κ2) is 5.76. The second-order valence-electron chi connectivity index (χ2n) is 4.61. The van der Waals surface area contributed by atoms with Gasteiger partial charge in [-0.15, -0.1) is 0 Å². The smallest absolute Gasteiger partial charge is 0.261 e. The fourth-order valence-corrected chi connectivity index (χ4v) is 3.02. The normalized spacial score (nSPS) is 11.5. The molecule has 22 heavy (non-hydrogen) atoms. The molecule has 1 heterocycles. The van der Waals surface area contributed by atoms with Gasteiger partial charge in [-0.05, 0) is 48.5 Å². The zero-order chi connectivity index (χ0) is 15.7. The third kappa shape index (κ3) is 3.16. The van der Waals surface area contributed by atoms with Crippen molar-refractivity contribution in [1.82, 2.24) is 4.98 Å². The summed E-state index contributed by atoms with van der Waals surface area (Å²) >= 11 is 5.96. The molecule has 0 amide bonds. The van der Waals surface area contributed by atoms with Gasteiger partial charge in [0.25, 0.3) is 9.05 Å². The fourth-order valence-electron chi connectivity index (χ4n) is 2.09. The summed E-state index contributed by atoms with van der Waals surface area (Å²) in [7, 11) is 1.58. The molecule has 0 aliphatic carbocycles. The van der Waals surface area contributed by atoms with Crippen LogP contribution >= 0.6 is 22.3 Å². The highest BCUT2D eigenvalue weighted by atomic mass is 35.7. The summed E-state index contributed by atoms with van der Waals surface area (Å²) in [5.74, 6) is 0. The molecule has 0 spiro atoms. The van der Waals surface area contributed by atoms with Crippen LogP contribution in [0.2, 0.25) is 5.02 Å². The summed E-state index contributed by atoms with van der Waals surface area (Å²) in [6.07, 6.45) is 1.68. The summed E-state index contributed by atoms with van der Waals surface area (Å²) in [5.41, 5.74) is 2.37. The highest BCUT2D eigenvalue weighted by Crippen LogP contribution is 2.27. The molecule has 0 aliphatic rings. The van der Waals surface area contributed by atoms with Gasteiger partial charge in [-0.2, -0.15) is 0 Å². The van der Waals surface area contributed by atoms with E-state index >= 15 is 0 Å². The topological polar surface area (TPSA) is 59.1 Å². The quantitative estimate of drug-likeness (QED) is 0.702. The van der Waals surface area contributed by atoms with E-state index in [1.807, 2.05) is 12.1 Å². The van der Waals surface area contributed by atoms with Crippen LogP contribution in [0.15, 0.2) is 59.6 Å². The van der Waals surface area contributed by atoms with E-state index in [0.29, 0.717) is 5.02 Å². The van der Waals surface area contributed by atoms with E-state index in [4.69, 9.17) is 22.3 Å². The van der Waals surface area contributed by atoms with Crippen LogP contribution < -0.4 is 5.32 Å². The van der Waals surface area contributed by atoms with E-state index in [1.54, 1.807) is 30.5 Å². The van der Waals surface area contributed by atoms with Crippen molar-refractivity contribution in [1.29, 1.82) is 0 Å². The van der Waals surface area contributed by atoms with Crippen molar-refractivity contribution in [3.8, 4) is 0 Å². The van der Waals surface area contributed by atoms with E-state index in [9.17, 15) is 8.42 Å². The summed E-state index contributed by atoms with van der Waals surface area (Å²) in [6, 6.07) is 13.5. The van der Waals surface area contributed by atoms with Crippen LogP contribution in [-0.2, 0) is 9.05 Å². The molecule has 0 saturated carbocycles. The number of benzene rings is 2. The molecule has 3 aromatic rings. The van der Waals surface area contributed by atoms with Crippen LogP contribution in [0.3, 0.4) is 0 Å². The zero-order valence-electron chi connectivity index (χ0n) is 11.1. The van der Waals surface area contributed by atoms with Gasteiger partial charge in [0.15, 0.2) is 0 Å². The van der Waals surface area contributed by atoms with E-state index in [-0.39, 0.29) is 4.90 Å². The largest absolute Gasteiger partial charge is 0.355 e. The molecule has 1 N–H and O–H groups in total. The van der Waals surface area contributed by atoms with Crippen LogP contribution in [0.5, 0.6) is 0 Å². The highest BCUT2D eigenvalue weighted by Gasteiger charge is 2.09. The minimum atomic E-state index is -3.71. The Morgan fingerprint density at radius 2 is 1.73 bits per heavy atom. The number of nitrogens with zero attached hydrogens (tertiary/aromatic N) is 1. The Hall–Kier alpha value is -1.82. The van der Waals surface area contributed by atoms with Crippen LogP contribution in [-0.4, -0.2) is 13.4 Å². The SMILES string of the molecule is O=S(=O)(Cl)c1ccc(Nc2ccnc3cc(Cl)ccc23)cc1. The average Bonchev–Trinajstić information content (AvgIpc) is 2.47. The van der Waals surface area contributed by atoms with E-state index in [0.717, 1.165) is 22.3 Å². The zero-order valence-corrected chi connectivity index (χ0v) is 13.5. The summed E-state index contributed by atoms with van der Waals surface area (Å²) in [6.45, 7) is 0. The molecule has 4 nitrogen and oxygen atoms in total. The fraction of sp³-hybridized carbons (Fsp3) is 0. The molecule has 0 fully saturated rings. The van der Waals surface area contributed by atoms with Gasteiger partial charge in [-0.1, -0.05) is 11.6 Å². The Balaban J connectivity index is 1.96. The third-order valence-electron chi connectivity index (χ3n) is 3.12. The van der Waals surface area contributed by atoms with Gasteiger partial charge in [-0.3, -0.25) is 4.98 Å². The number of hydrogen-bond acceptors (Lipinski definition) is 4. The Kier molecular flexibility index (Phi) is 3.95. The predicted molar refractivity (Wildman–Crippen MR) is 89.5 cm³/mol. The number of rotatable bonds is 3.